The molecule has 0 radical (unpaired) electrons. The Balaban J connectivity index is 2.08. The van der Waals surface area contributed by atoms with Gasteiger partial charge in [-0.15, -0.1) is 11.8 Å². The standard InChI is InChI=1S/C15H20ClN3O2S/c1-2-22-13-6-5-11(16)8-12(13)18-14(20)10-4-3-7-19(9-10)15(17)21/h5-6,8,10H,2-4,7,9H2,1H3,(H2,17,21)(H,18,20)/t10-/m1/s1. The second kappa shape index (κ2) is 7.74. The molecular formula is C15H20ClN3O2S. The van der Waals surface area contributed by atoms with E-state index in [4.69, 9.17) is 17.3 Å². The molecule has 1 atom stereocenters. The van der Waals surface area contributed by atoms with Crippen LogP contribution < -0.4 is 11.1 Å². The maximum absolute atomic E-state index is 12.5. The van der Waals surface area contributed by atoms with E-state index in [1.165, 1.54) is 4.90 Å². The Kier molecular flexibility index (Phi) is 5.97. The zero-order valence-corrected chi connectivity index (χ0v) is 14.0. The summed E-state index contributed by atoms with van der Waals surface area (Å²) >= 11 is 7.67. The highest BCUT2D eigenvalue weighted by Gasteiger charge is 2.27. The number of nitrogens with zero attached hydrogens (tertiary/aromatic N) is 1. The summed E-state index contributed by atoms with van der Waals surface area (Å²) in [6.07, 6.45) is 1.54. The fourth-order valence-corrected chi connectivity index (χ4v) is 3.42. The molecule has 1 heterocycles. The number of thioether (sulfide) groups is 1. The van der Waals surface area contributed by atoms with Crippen LogP contribution in [0.5, 0.6) is 0 Å². The van der Waals surface area contributed by atoms with Gasteiger partial charge in [-0.2, -0.15) is 0 Å². The van der Waals surface area contributed by atoms with Crippen molar-refractivity contribution in [2.45, 2.75) is 24.7 Å². The third-order valence-corrected chi connectivity index (χ3v) is 4.79. The van der Waals surface area contributed by atoms with Gasteiger partial charge in [0, 0.05) is 23.0 Å². The van der Waals surface area contributed by atoms with Gasteiger partial charge in [0.2, 0.25) is 5.91 Å². The molecule has 1 aromatic carbocycles. The first-order chi connectivity index (χ1) is 10.5. The number of piperidine rings is 1. The van der Waals surface area contributed by atoms with Crippen molar-refractivity contribution in [1.29, 1.82) is 0 Å². The normalized spacial score (nSPS) is 18.1. The van der Waals surface area contributed by atoms with Crippen LogP contribution in [0.3, 0.4) is 0 Å². The highest BCUT2D eigenvalue weighted by atomic mass is 35.5. The molecule has 1 aliphatic heterocycles. The van der Waals surface area contributed by atoms with Gasteiger partial charge in [-0.1, -0.05) is 18.5 Å². The van der Waals surface area contributed by atoms with E-state index in [2.05, 4.69) is 12.2 Å². The smallest absolute Gasteiger partial charge is 0.314 e. The zero-order valence-electron chi connectivity index (χ0n) is 12.5. The molecule has 0 aliphatic carbocycles. The lowest BCUT2D eigenvalue weighted by molar-refractivity contribution is -0.121. The quantitative estimate of drug-likeness (QED) is 0.826. The van der Waals surface area contributed by atoms with E-state index in [0.29, 0.717) is 18.1 Å². The Morgan fingerprint density at radius 1 is 1.50 bits per heavy atom. The van der Waals surface area contributed by atoms with Crippen molar-refractivity contribution in [1.82, 2.24) is 4.90 Å². The molecule has 1 aliphatic rings. The molecule has 0 aromatic heterocycles. The van der Waals surface area contributed by atoms with Crippen LogP contribution in [0, 0.1) is 5.92 Å². The Morgan fingerprint density at radius 3 is 2.95 bits per heavy atom. The average molecular weight is 342 g/mol. The fraction of sp³-hybridized carbons (Fsp3) is 0.467. The van der Waals surface area contributed by atoms with Crippen molar-refractivity contribution < 1.29 is 9.59 Å². The number of hydrogen-bond donors (Lipinski definition) is 2. The van der Waals surface area contributed by atoms with Gasteiger partial charge in [0.25, 0.3) is 0 Å². The van der Waals surface area contributed by atoms with E-state index in [9.17, 15) is 9.59 Å². The highest BCUT2D eigenvalue weighted by Crippen LogP contribution is 2.30. The molecule has 1 saturated heterocycles. The Labute approximate surface area is 139 Å². The molecule has 1 aromatic rings. The summed E-state index contributed by atoms with van der Waals surface area (Å²) in [6, 6.07) is 5.00. The van der Waals surface area contributed by atoms with Crippen LogP contribution in [0.25, 0.3) is 0 Å². The number of hydrogen-bond acceptors (Lipinski definition) is 3. The molecule has 1 fully saturated rings. The van der Waals surface area contributed by atoms with Gasteiger partial charge in [-0.05, 0) is 36.8 Å². The molecule has 22 heavy (non-hydrogen) atoms. The lowest BCUT2D eigenvalue weighted by Crippen LogP contribution is -2.46. The number of amides is 3. The largest absolute Gasteiger partial charge is 0.351 e. The number of likely N-dealkylation sites (tertiary alicyclic amines) is 1. The van der Waals surface area contributed by atoms with Crippen LogP contribution in [0.2, 0.25) is 5.02 Å². The van der Waals surface area contributed by atoms with Gasteiger partial charge in [0.15, 0.2) is 0 Å². The van der Waals surface area contributed by atoms with Crippen molar-refractivity contribution in [2.75, 3.05) is 24.2 Å². The predicted molar refractivity (Wildman–Crippen MR) is 90.4 cm³/mol. The van der Waals surface area contributed by atoms with E-state index in [1.807, 2.05) is 12.1 Å². The Morgan fingerprint density at radius 2 is 2.27 bits per heavy atom. The Hall–Kier alpha value is -1.40. The first-order valence-electron chi connectivity index (χ1n) is 7.29. The van der Waals surface area contributed by atoms with Crippen LogP contribution in [-0.2, 0) is 4.79 Å². The zero-order chi connectivity index (χ0) is 16.1. The number of urea groups is 1. The maximum atomic E-state index is 12.5. The van der Waals surface area contributed by atoms with Crippen LogP contribution >= 0.6 is 23.4 Å². The topological polar surface area (TPSA) is 75.4 Å². The second-order valence-electron chi connectivity index (χ2n) is 5.19. The summed E-state index contributed by atoms with van der Waals surface area (Å²) in [4.78, 5) is 26.2. The van der Waals surface area contributed by atoms with E-state index < -0.39 is 6.03 Å². The number of nitrogens with two attached hydrogens (primary N) is 1. The van der Waals surface area contributed by atoms with Crippen molar-refractivity contribution in [3.63, 3.8) is 0 Å². The minimum atomic E-state index is -0.470. The summed E-state index contributed by atoms with van der Waals surface area (Å²) in [5.74, 6) is 0.578. The first-order valence-corrected chi connectivity index (χ1v) is 8.65. The summed E-state index contributed by atoms with van der Waals surface area (Å²) in [6.45, 7) is 3.04. The third-order valence-electron chi connectivity index (χ3n) is 3.60. The lowest BCUT2D eigenvalue weighted by Gasteiger charge is -2.30. The van der Waals surface area contributed by atoms with Crippen LogP contribution in [-0.4, -0.2) is 35.7 Å². The number of carbonyl (C=O) groups excluding carboxylic acids is 2. The van der Waals surface area contributed by atoms with Gasteiger partial charge in [-0.3, -0.25) is 4.79 Å². The molecule has 2 rings (SSSR count). The minimum Gasteiger partial charge on any atom is -0.351 e. The van der Waals surface area contributed by atoms with Gasteiger partial charge in [-0.25, -0.2) is 4.79 Å². The minimum absolute atomic E-state index is 0.0915. The summed E-state index contributed by atoms with van der Waals surface area (Å²) in [7, 11) is 0. The monoisotopic (exact) mass is 341 g/mol. The Bertz CT molecular complexity index is 568. The summed E-state index contributed by atoms with van der Waals surface area (Å²) < 4.78 is 0. The van der Waals surface area contributed by atoms with Crippen LogP contribution in [0.4, 0.5) is 10.5 Å². The molecule has 0 bridgehead atoms. The number of nitrogens with one attached hydrogen (secondary N) is 1. The van der Waals surface area contributed by atoms with Crippen molar-refractivity contribution in [3.05, 3.63) is 23.2 Å². The summed E-state index contributed by atoms with van der Waals surface area (Å²) in [5.41, 5.74) is 6.02. The second-order valence-corrected chi connectivity index (χ2v) is 6.93. The fourth-order valence-electron chi connectivity index (χ4n) is 2.51. The molecule has 5 nitrogen and oxygen atoms in total. The van der Waals surface area contributed by atoms with Gasteiger partial charge in [0.05, 0.1) is 11.6 Å². The number of primary amides is 1. The number of carbonyl (C=O) groups is 2. The summed E-state index contributed by atoms with van der Waals surface area (Å²) in [5, 5.41) is 3.52. The molecule has 7 heteroatoms. The lowest BCUT2D eigenvalue weighted by atomic mass is 9.97. The van der Waals surface area contributed by atoms with E-state index >= 15 is 0 Å². The van der Waals surface area contributed by atoms with Crippen molar-refractivity contribution >= 4 is 41.0 Å². The molecule has 0 saturated carbocycles. The number of benzene rings is 1. The highest BCUT2D eigenvalue weighted by molar-refractivity contribution is 7.99. The number of anilines is 1. The molecule has 0 unspecified atom stereocenters. The van der Waals surface area contributed by atoms with E-state index in [-0.39, 0.29) is 11.8 Å². The van der Waals surface area contributed by atoms with Gasteiger partial charge in [0.1, 0.15) is 0 Å². The number of rotatable bonds is 4. The maximum Gasteiger partial charge on any atom is 0.314 e. The van der Waals surface area contributed by atoms with E-state index in [0.717, 1.165) is 29.2 Å². The van der Waals surface area contributed by atoms with Crippen molar-refractivity contribution in [3.8, 4) is 0 Å². The van der Waals surface area contributed by atoms with Crippen LogP contribution in [0.1, 0.15) is 19.8 Å². The third kappa shape index (κ3) is 4.30. The number of halogens is 1. The first kappa shape index (κ1) is 17.0. The molecule has 3 N–H and O–H groups in total. The van der Waals surface area contributed by atoms with Crippen molar-refractivity contribution in [2.24, 2.45) is 11.7 Å². The van der Waals surface area contributed by atoms with Gasteiger partial charge >= 0.3 is 6.03 Å². The van der Waals surface area contributed by atoms with Crippen LogP contribution in [0.15, 0.2) is 23.1 Å². The SMILES string of the molecule is CCSc1ccc(Cl)cc1NC(=O)[C@@H]1CCCN(C(N)=O)C1. The average Bonchev–Trinajstić information content (AvgIpc) is 2.50. The van der Waals surface area contributed by atoms with Gasteiger partial charge < -0.3 is 16.0 Å². The molecule has 120 valence electrons. The van der Waals surface area contributed by atoms with E-state index in [1.54, 1.807) is 17.8 Å². The molecular weight excluding hydrogens is 322 g/mol. The predicted octanol–water partition coefficient (Wildman–Crippen LogP) is 3.18. The molecule has 3 amide bonds. The molecule has 0 spiro atoms.